The molecule has 3 heteroatoms. The summed E-state index contributed by atoms with van der Waals surface area (Å²) in [7, 11) is 0. The number of rotatable bonds is 2. The molecule has 0 radical (unpaired) electrons. The van der Waals surface area contributed by atoms with Crippen molar-refractivity contribution >= 4 is 17.7 Å². The molecule has 0 saturated heterocycles. The lowest BCUT2D eigenvalue weighted by Gasteiger charge is -1.96. The van der Waals surface area contributed by atoms with E-state index in [2.05, 4.69) is 0 Å². The summed E-state index contributed by atoms with van der Waals surface area (Å²) < 4.78 is 0. The smallest absolute Gasteiger partial charge is 0.159 e. The molecular weight excluding hydrogens is 158 g/mol. The number of nitrogens with two attached hydrogens (primary N) is 1. The monoisotopic (exact) mass is 167 g/mol. The first-order valence-electron chi connectivity index (χ1n) is 3.22. The molecule has 0 saturated carbocycles. The van der Waals surface area contributed by atoms with Crippen LogP contribution < -0.4 is 5.14 Å². The summed E-state index contributed by atoms with van der Waals surface area (Å²) in [4.78, 5) is 11.8. The number of carbonyl (C=O) groups excluding carboxylic acids is 1. The third kappa shape index (κ3) is 2.06. The average Bonchev–Trinajstić information content (AvgIpc) is 2.05. The van der Waals surface area contributed by atoms with Gasteiger partial charge >= 0.3 is 0 Å². The lowest BCUT2D eigenvalue weighted by molar-refractivity contribution is 0.101. The van der Waals surface area contributed by atoms with Crippen molar-refractivity contribution in [2.24, 2.45) is 5.14 Å². The topological polar surface area (TPSA) is 43.1 Å². The van der Waals surface area contributed by atoms with Gasteiger partial charge in [0.1, 0.15) is 0 Å². The number of hydrogen-bond acceptors (Lipinski definition) is 3. The SMILES string of the molecule is CC(=O)c1ccc(SN)cc1. The van der Waals surface area contributed by atoms with Gasteiger partial charge in [-0.15, -0.1) is 0 Å². The van der Waals surface area contributed by atoms with Crippen LogP contribution in [0.15, 0.2) is 29.2 Å². The molecule has 0 atom stereocenters. The Bertz CT molecular complexity index is 255. The van der Waals surface area contributed by atoms with E-state index in [1.807, 2.05) is 12.1 Å². The van der Waals surface area contributed by atoms with E-state index in [9.17, 15) is 4.79 Å². The van der Waals surface area contributed by atoms with Crippen LogP contribution in [-0.4, -0.2) is 5.78 Å². The van der Waals surface area contributed by atoms with Crippen molar-refractivity contribution in [1.82, 2.24) is 0 Å². The van der Waals surface area contributed by atoms with Gasteiger partial charge in [0.05, 0.1) is 0 Å². The van der Waals surface area contributed by atoms with Crippen LogP contribution in [0.25, 0.3) is 0 Å². The fourth-order valence-corrected chi connectivity index (χ4v) is 1.06. The van der Waals surface area contributed by atoms with Crippen LogP contribution in [0, 0.1) is 0 Å². The van der Waals surface area contributed by atoms with Gasteiger partial charge in [0.2, 0.25) is 0 Å². The van der Waals surface area contributed by atoms with Gasteiger partial charge in [-0.05, 0) is 31.0 Å². The summed E-state index contributed by atoms with van der Waals surface area (Å²) in [6.45, 7) is 1.55. The van der Waals surface area contributed by atoms with Gasteiger partial charge in [-0.25, -0.2) is 0 Å². The van der Waals surface area contributed by atoms with E-state index in [0.29, 0.717) is 0 Å². The van der Waals surface area contributed by atoms with Crippen LogP contribution in [0.5, 0.6) is 0 Å². The first kappa shape index (κ1) is 8.30. The number of hydrogen-bond donors (Lipinski definition) is 1. The Morgan fingerprint density at radius 2 is 1.91 bits per heavy atom. The van der Waals surface area contributed by atoms with Crippen molar-refractivity contribution in [2.45, 2.75) is 11.8 Å². The highest BCUT2D eigenvalue weighted by Crippen LogP contribution is 2.12. The van der Waals surface area contributed by atoms with E-state index in [4.69, 9.17) is 5.14 Å². The molecule has 0 aliphatic rings. The number of Topliss-reactive ketones (excluding diaryl/α,β-unsaturated/α-hetero) is 1. The average molecular weight is 167 g/mol. The molecule has 0 fully saturated rings. The summed E-state index contributed by atoms with van der Waals surface area (Å²) >= 11 is 1.18. The molecule has 58 valence electrons. The number of benzene rings is 1. The summed E-state index contributed by atoms with van der Waals surface area (Å²) in [5.74, 6) is 0.0820. The van der Waals surface area contributed by atoms with E-state index < -0.39 is 0 Å². The zero-order valence-electron chi connectivity index (χ0n) is 6.20. The Hall–Kier alpha value is -0.800. The molecule has 0 amide bonds. The lowest BCUT2D eigenvalue weighted by Crippen LogP contribution is -1.90. The first-order chi connectivity index (χ1) is 5.24. The van der Waals surface area contributed by atoms with Crippen molar-refractivity contribution in [3.8, 4) is 0 Å². The van der Waals surface area contributed by atoms with Crippen LogP contribution in [0.4, 0.5) is 0 Å². The summed E-state index contributed by atoms with van der Waals surface area (Å²) in [6, 6.07) is 7.22. The maximum Gasteiger partial charge on any atom is 0.159 e. The second kappa shape index (κ2) is 3.55. The molecule has 11 heavy (non-hydrogen) atoms. The van der Waals surface area contributed by atoms with Crippen molar-refractivity contribution < 1.29 is 4.79 Å². The van der Waals surface area contributed by atoms with E-state index in [0.717, 1.165) is 10.5 Å². The minimum atomic E-state index is 0.0820. The predicted octanol–water partition coefficient (Wildman–Crippen LogP) is 1.86. The van der Waals surface area contributed by atoms with Crippen molar-refractivity contribution in [1.29, 1.82) is 0 Å². The minimum Gasteiger partial charge on any atom is -0.295 e. The van der Waals surface area contributed by atoms with Crippen molar-refractivity contribution in [3.63, 3.8) is 0 Å². The first-order valence-corrected chi connectivity index (χ1v) is 4.09. The summed E-state index contributed by atoms with van der Waals surface area (Å²) in [5, 5.41) is 5.31. The van der Waals surface area contributed by atoms with Gasteiger partial charge in [-0.2, -0.15) is 0 Å². The maximum atomic E-state index is 10.8. The molecule has 0 heterocycles. The normalized spacial score (nSPS) is 9.64. The molecule has 2 nitrogen and oxygen atoms in total. The van der Waals surface area contributed by atoms with Crippen molar-refractivity contribution in [3.05, 3.63) is 29.8 Å². The predicted molar refractivity (Wildman–Crippen MR) is 46.5 cm³/mol. The van der Waals surface area contributed by atoms with Gasteiger partial charge in [0.15, 0.2) is 5.78 Å². The zero-order valence-corrected chi connectivity index (χ0v) is 7.02. The molecule has 0 aliphatic carbocycles. The van der Waals surface area contributed by atoms with Crippen LogP contribution in [0.2, 0.25) is 0 Å². The number of ketones is 1. The van der Waals surface area contributed by atoms with Crippen LogP contribution in [-0.2, 0) is 0 Å². The van der Waals surface area contributed by atoms with Gasteiger partial charge in [0.25, 0.3) is 0 Å². The Morgan fingerprint density at radius 1 is 1.36 bits per heavy atom. The van der Waals surface area contributed by atoms with Crippen molar-refractivity contribution in [2.75, 3.05) is 0 Å². The highest BCUT2D eigenvalue weighted by Gasteiger charge is 1.97. The molecular formula is C8H9NOS. The Balaban J connectivity index is 2.91. The lowest BCUT2D eigenvalue weighted by atomic mass is 10.2. The van der Waals surface area contributed by atoms with Crippen LogP contribution in [0.1, 0.15) is 17.3 Å². The maximum absolute atomic E-state index is 10.8. The molecule has 0 unspecified atom stereocenters. The van der Waals surface area contributed by atoms with Crippen LogP contribution >= 0.6 is 11.9 Å². The largest absolute Gasteiger partial charge is 0.295 e. The third-order valence-electron chi connectivity index (χ3n) is 1.40. The van der Waals surface area contributed by atoms with Gasteiger partial charge in [-0.3, -0.25) is 9.93 Å². The van der Waals surface area contributed by atoms with Crippen LogP contribution in [0.3, 0.4) is 0 Å². The molecule has 1 rings (SSSR count). The van der Waals surface area contributed by atoms with Gasteiger partial charge < -0.3 is 0 Å². The Morgan fingerprint density at radius 3 is 2.27 bits per heavy atom. The second-order valence-corrected chi connectivity index (χ2v) is 2.91. The molecule has 0 bridgehead atoms. The standard InChI is InChI=1S/C8H9NOS/c1-6(10)7-2-4-8(11-9)5-3-7/h2-5H,9H2,1H3. The van der Waals surface area contributed by atoms with Gasteiger partial charge in [-0.1, -0.05) is 12.1 Å². The quantitative estimate of drug-likeness (QED) is 0.540. The minimum absolute atomic E-state index is 0.0820. The second-order valence-electron chi connectivity index (χ2n) is 2.20. The summed E-state index contributed by atoms with van der Waals surface area (Å²) in [5.41, 5.74) is 0.725. The van der Waals surface area contributed by atoms with E-state index >= 15 is 0 Å². The highest BCUT2D eigenvalue weighted by atomic mass is 32.2. The molecule has 1 aromatic rings. The molecule has 0 aromatic heterocycles. The molecule has 2 N–H and O–H groups in total. The fraction of sp³-hybridized carbons (Fsp3) is 0.125. The van der Waals surface area contributed by atoms with E-state index in [-0.39, 0.29) is 5.78 Å². The summed E-state index contributed by atoms with van der Waals surface area (Å²) in [6.07, 6.45) is 0. The highest BCUT2D eigenvalue weighted by molar-refractivity contribution is 7.97. The molecule has 0 aliphatic heterocycles. The zero-order chi connectivity index (χ0) is 8.27. The molecule has 1 aromatic carbocycles. The van der Waals surface area contributed by atoms with Gasteiger partial charge in [0, 0.05) is 10.5 Å². The third-order valence-corrected chi connectivity index (χ3v) is 1.94. The van der Waals surface area contributed by atoms with E-state index in [1.54, 1.807) is 19.1 Å². The fourth-order valence-electron chi connectivity index (χ4n) is 0.768. The number of carbonyl (C=O) groups is 1. The van der Waals surface area contributed by atoms with E-state index in [1.165, 1.54) is 11.9 Å². The Kier molecular flexibility index (Phi) is 2.68. The Labute approximate surface area is 69.9 Å². The molecule has 0 spiro atoms.